The van der Waals surface area contributed by atoms with E-state index in [2.05, 4.69) is 20.3 Å². The van der Waals surface area contributed by atoms with Gasteiger partial charge in [0, 0.05) is 30.2 Å². The number of anilines is 1. The van der Waals surface area contributed by atoms with Gasteiger partial charge in [-0.05, 0) is 19.4 Å². The number of nitrogens with one attached hydrogen (secondary N) is 2. The van der Waals surface area contributed by atoms with Crippen molar-refractivity contribution in [2.45, 2.75) is 31.7 Å². The minimum atomic E-state index is -0.895. The molecule has 0 radical (unpaired) electrons. The molecule has 0 aliphatic rings. The molecule has 3 rings (SSSR count). The van der Waals surface area contributed by atoms with E-state index in [9.17, 15) is 4.79 Å². The first-order valence-electron chi connectivity index (χ1n) is 8.96. The molecule has 0 saturated heterocycles. The van der Waals surface area contributed by atoms with Crippen LogP contribution in [0.25, 0.3) is 17.0 Å². The fourth-order valence-electron chi connectivity index (χ4n) is 2.53. The zero-order chi connectivity index (χ0) is 20.1. The Bertz CT molecular complexity index is 1010. The van der Waals surface area contributed by atoms with E-state index in [1.807, 2.05) is 50.4 Å². The monoisotopic (exact) mass is 396 g/mol. The summed E-state index contributed by atoms with van der Waals surface area (Å²) in [6.07, 6.45) is 5.40. The molecule has 0 bridgehead atoms. The zero-order valence-corrected chi connectivity index (χ0v) is 16.4. The fourth-order valence-corrected chi connectivity index (χ4v) is 2.69. The Hall–Kier alpha value is -3.06. The van der Waals surface area contributed by atoms with E-state index in [4.69, 9.17) is 17.0 Å². The van der Waals surface area contributed by atoms with Gasteiger partial charge in [-0.15, -0.1) is 11.6 Å². The van der Waals surface area contributed by atoms with Crippen molar-refractivity contribution in [2.24, 2.45) is 4.99 Å². The molecule has 0 spiro atoms. The minimum absolute atomic E-state index is 0.0712. The minimum Gasteiger partial charge on any atom is -0.311 e. The molecule has 2 unspecified atom stereocenters. The quantitative estimate of drug-likeness (QED) is 0.469. The molecule has 0 aliphatic heterocycles. The maximum atomic E-state index is 12.6. The predicted octanol–water partition coefficient (Wildman–Crippen LogP) is 3.83. The molecular weight excluding hydrogens is 376 g/mol. The van der Waals surface area contributed by atoms with Crippen molar-refractivity contribution >= 4 is 41.0 Å². The van der Waals surface area contributed by atoms with E-state index in [1.165, 1.54) is 0 Å². The molecule has 0 saturated carbocycles. The lowest BCUT2D eigenvalue weighted by Gasteiger charge is -2.12. The molecule has 2 aromatic heterocycles. The Kier molecular flexibility index (Phi) is 6.16. The number of fused-ring (bicyclic) bond motifs is 1. The summed E-state index contributed by atoms with van der Waals surface area (Å²) in [6.45, 7) is 3.86. The van der Waals surface area contributed by atoms with E-state index >= 15 is 0 Å². The first kappa shape index (κ1) is 19.7. The van der Waals surface area contributed by atoms with Crippen LogP contribution in [0.3, 0.4) is 0 Å². The van der Waals surface area contributed by atoms with Crippen molar-refractivity contribution < 1.29 is 4.79 Å². The topological polar surface area (TPSA) is 95.5 Å². The summed E-state index contributed by atoms with van der Waals surface area (Å²) in [7, 11) is 0. The number of hydrogen-bond acceptors (Lipinski definition) is 5. The summed E-state index contributed by atoms with van der Waals surface area (Å²) in [6, 6.07) is 11.4. The maximum Gasteiger partial charge on any atom is 0.272 e. The van der Waals surface area contributed by atoms with Crippen molar-refractivity contribution in [1.29, 1.82) is 5.41 Å². The van der Waals surface area contributed by atoms with Crippen LogP contribution < -0.4 is 5.32 Å². The number of carbonyl (C=O) groups is 1. The van der Waals surface area contributed by atoms with E-state index in [0.717, 1.165) is 23.9 Å². The molecule has 3 aromatic rings. The van der Waals surface area contributed by atoms with Crippen LogP contribution in [-0.4, -0.2) is 43.6 Å². The van der Waals surface area contributed by atoms with Crippen LogP contribution in [0.1, 0.15) is 20.3 Å². The molecule has 1 amide bonds. The van der Waals surface area contributed by atoms with Gasteiger partial charge in [0.2, 0.25) is 5.78 Å². The maximum absolute atomic E-state index is 12.6. The van der Waals surface area contributed by atoms with Crippen molar-refractivity contribution in [3.63, 3.8) is 0 Å². The van der Waals surface area contributed by atoms with Crippen LogP contribution in [0.4, 0.5) is 5.82 Å². The average molecular weight is 397 g/mol. The number of carbonyl (C=O) groups excluding carboxylic acids is 1. The third-order valence-corrected chi connectivity index (χ3v) is 4.56. The number of halogens is 1. The van der Waals surface area contributed by atoms with E-state index in [1.54, 1.807) is 16.7 Å². The highest BCUT2D eigenvalue weighted by molar-refractivity contribution is 6.57. The number of benzene rings is 1. The van der Waals surface area contributed by atoms with E-state index in [-0.39, 0.29) is 11.8 Å². The van der Waals surface area contributed by atoms with Crippen molar-refractivity contribution in [3.8, 4) is 11.3 Å². The normalized spacial score (nSPS) is 13.9. The lowest BCUT2D eigenvalue weighted by Crippen LogP contribution is -2.32. The predicted molar refractivity (Wildman–Crippen MR) is 113 cm³/mol. The number of alkyl halides is 1. The average Bonchev–Trinajstić information content (AvgIpc) is 3.15. The number of amides is 1. The van der Waals surface area contributed by atoms with Gasteiger partial charge in [-0.3, -0.25) is 14.2 Å². The van der Waals surface area contributed by atoms with Gasteiger partial charge in [-0.1, -0.05) is 37.3 Å². The zero-order valence-electron chi connectivity index (χ0n) is 15.6. The molecule has 1 aromatic carbocycles. The second-order valence-corrected chi connectivity index (χ2v) is 6.78. The van der Waals surface area contributed by atoms with Crippen molar-refractivity contribution in [1.82, 2.24) is 14.4 Å². The highest BCUT2D eigenvalue weighted by Crippen LogP contribution is 2.18. The lowest BCUT2D eigenvalue weighted by atomic mass is 10.2. The standard InChI is InChI=1S/C20H21ClN6O/c1-3-13(2)23-18(15(21)11-22)19(28)25-17-9-10-27-12-16(24-20(27)26-17)14-7-5-4-6-8-14/h4-13,15,22H,3H2,1-2H3,(H,24,25,26,28). The third-order valence-electron chi connectivity index (χ3n) is 4.23. The van der Waals surface area contributed by atoms with Crippen LogP contribution in [0, 0.1) is 5.41 Å². The lowest BCUT2D eigenvalue weighted by molar-refractivity contribution is -0.110. The molecule has 7 nitrogen and oxygen atoms in total. The smallest absolute Gasteiger partial charge is 0.272 e. The molecule has 2 N–H and O–H groups in total. The van der Waals surface area contributed by atoms with E-state index < -0.39 is 11.3 Å². The van der Waals surface area contributed by atoms with Gasteiger partial charge < -0.3 is 10.7 Å². The summed E-state index contributed by atoms with van der Waals surface area (Å²) in [5, 5.41) is 9.17. The van der Waals surface area contributed by atoms with Crippen molar-refractivity contribution in [3.05, 3.63) is 48.8 Å². The van der Waals surface area contributed by atoms with Crippen LogP contribution in [0.15, 0.2) is 53.8 Å². The van der Waals surface area contributed by atoms with Crippen LogP contribution in [0.5, 0.6) is 0 Å². The summed E-state index contributed by atoms with van der Waals surface area (Å²) >= 11 is 6.09. The third kappa shape index (κ3) is 4.43. The number of nitrogens with zero attached hydrogens (tertiary/aromatic N) is 4. The van der Waals surface area contributed by atoms with Gasteiger partial charge in [0.05, 0.1) is 5.69 Å². The number of rotatable bonds is 7. The number of imidazole rings is 1. The van der Waals surface area contributed by atoms with Gasteiger partial charge >= 0.3 is 0 Å². The SMILES string of the molecule is CCC(C)N=C(C(=O)Nc1ccn2cc(-c3ccccc3)nc2n1)C(Cl)C=N. The number of hydrogen-bond donors (Lipinski definition) is 2. The van der Waals surface area contributed by atoms with Crippen LogP contribution in [0.2, 0.25) is 0 Å². The summed E-state index contributed by atoms with van der Waals surface area (Å²) in [5.41, 5.74) is 1.87. The second kappa shape index (κ2) is 8.75. The van der Waals surface area contributed by atoms with Crippen LogP contribution >= 0.6 is 11.6 Å². The molecule has 28 heavy (non-hydrogen) atoms. The Labute approximate surface area is 168 Å². The molecule has 8 heteroatoms. The molecule has 0 fully saturated rings. The van der Waals surface area contributed by atoms with Gasteiger partial charge in [-0.2, -0.15) is 4.98 Å². The second-order valence-electron chi connectivity index (χ2n) is 6.31. The number of aliphatic imine (C=N–C) groups is 1. The Balaban J connectivity index is 1.86. The Morgan fingerprint density at radius 3 is 2.75 bits per heavy atom. The first-order chi connectivity index (χ1) is 13.5. The van der Waals surface area contributed by atoms with Gasteiger partial charge in [0.1, 0.15) is 16.9 Å². The summed E-state index contributed by atoms with van der Waals surface area (Å²) < 4.78 is 1.79. The van der Waals surface area contributed by atoms with Gasteiger partial charge in [0.25, 0.3) is 5.91 Å². The summed E-state index contributed by atoms with van der Waals surface area (Å²) in [4.78, 5) is 25.9. The van der Waals surface area contributed by atoms with Crippen molar-refractivity contribution in [2.75, 3.05) is 5.32 Å². The highest BCUT2D eigenvalue weighted by Gasteiger charge is 2.21. The molecule has 2 heterocycles. The number of aromatic nitrogens is 3. The highest BCUT2D eigenvalue weighted by atomic mass is 35.5. The first-order valence-corrected chi connectivity index (χ1v) is 9.40. The largest absolute Gasteiger partial charge is 0.311 e. The fraction of sp³-hybridized carbons (Fsp3) is 0.250. The van der Waals surface area contributed by atoms with E-state index in [0.29, 0.717) is 11.6 Å². The summed E-state index contributed by atoms with van der Waals surface area (Å²) in [5.74, 6) is 0.329. The molecule has 0 aliphatic carbocycles. The van der Waals surface area contributed by atoms with Gasteiger partial charge in [0.15, 0.2) is 0 Å². The van der Waals surface area contributed by atoms with Crippen LogP contribution in [-0.2, 0) is 4.79 Å². The Morgan fingerprint density at radius 1 is 1.32 bits per heavy atom. The Morgan fingerprint density at radius 2 is 2.07 bits per heavy atom. The molecular formula is C20H21ClN6O. The van der Waals surface area contributed by atoms with Gasteiger partial charge in [-0.25, -0.2) is 4.98 Å². The molecule has 2 atom stereocenters. The molecule has 144 valence electrons.